The molecule has 0 fully saturated rings. The second-order valence-corrected chi connectivity index (χ2v) is 3.62. The van der Waals surface area contributed by atoms with E-state index >= 15 is 0 Å². The molecular weight excluding hydrogens is 239 g/mol. The first kappa shape index (κ1) is 10.00. The summed E-state index contributed by atoms with van der Waals surface area (Å²) in [6.45, 7) is 5.26. The van der Waals surface area contributed by atoms with Gasteiger partial charge in [-0.15, -0.1) is 0 Å². The molecule has 0 N–H and O–H groups in total. The Kier molecular flexibility index (Phi) is 5.76. The second-order valence-electron chi connectivity index (χ2n) is 1.57. The fourth-order valence-electron chi connectivity index (χ4n) is 0.578. The van der Waals surface area contributed by atoms with Crippen molar-refractivity contribution < 1.29 is 17.1 Å². The van der Waals surface area contributed by atoms with Crippen molar-refractivity contribution in [3.8, 4) is 0 Å². The van der Waals surface area contributed by atoms with E-state index in [9.17, 15) is 0 Å². The molecule has 0 spiro atoms. The van der Waals surface area contributed by atoms with Crippen molar-refractivity contribution in [3.05, 3.63) is 41.9 Å². The van der Waals surface area contributed by atoms with Gasteiger partial charge in [-0.3, -0.25) is 0 Å². The SMILES string of the molecule is [CH-]=C[Se]c1ccccc1.[Cu+]. The minimum atomic E-state index is 0. The first-order valence-corrected chi connectivity index (χ1v) is 4.53. The Bertz CT molecular complexity index is 184. The molecular formula is C8H7CuSe. The molecule has 56 valence electrons. The van der Waals surface area contributed by atoms with Crippen molar-refractivity contribution in [3.63, 3.8) is 0 Å². The Balaban J connectivity index is 0.000000810. The van der Waals surface area contributed by atoms with Crippen molar-refractivity contribution in [1.29, 1.82) is 0 Å². The van der Waals surface area contributed by atoms with Crippen LogP contribution in [0, 0.1) is 6.58 Å². The molecule has 0 atom stereocenters. The van der Waals surface area contributed by atoms with Gasteiger partial charge in [-0.25, -0.2) is 0 Å². The Hall–Kier alpha value is -0.00104. The van der Waals surface area contributed by atoms with Crippen LogP contribution in [0.1, 0.15) is 0 Å². The van der Waals surface area contributed by atoms with Gasteiger partial charge in [-0.05, 0) is 0 Å². The van der Waals surface area contributed by atoms with Gasteiger partial charge in [-0.1, -0.05) is 0 Å². The largest absolute Gasteiger partial charge is 1.00 e. The van der Waals surface area contributed by atoms with E-state index in [1.54, 1.807) is 4.97 Å². The van der Waals surface area contributed by atoms with E-state index in [2.05, 4.69) is 12.1 Å². The van der Waals surface area contributed by atoms with Crippen LogP contribution in [0.15, 0.2) is 35.3 Å². The molecule has 1 rings (SSSR count). The van der Waals surface area contributed by atoms with E-state index in [1.165, 1.54) is 4.46 Å². The smallest absolute Gasteiger partial charge is 1.00 e. The maximum Gasteiger partial charge on any atom is 1.00 e. The minimum Gasteiger partial charge on any atom is 1.00 e. The summed E-state index contributed by atoms with van der Waals surface area (Å²) in [4.78, 5) is 1.72. The molecule has 0 aliphatic carbocycles. The van der Waals surface area contributed by atoms with E-state index in [1.807, 2.05) is 18.2 Å². The summed E-state index contributed by atoms with van der Waals surface area (Å²) in [6.07, 6.45) is 0. The molecule has 0 aromatic heterocycles. The van der Waals surface area contributed by atoms with Gasteiger partial charge in [-0.2, -0.15) is 0 Å². The van der Waals surface area contributed by atoms with Crippen LogP contribution < -0.4 is 4.46 Å². The van der Waals surface area contributed by atoms with Crippen molar-refractivity contribution in [1.82, 2.24) is 0 Å². The number of rotatable bonds is 2. The number of benzene rings is 1. The zero-order valence-electron chi connectivity index (χ0n) is 5.25. The quantitative estimate of drug-likeness (QED) is 0.538. The first-order valence-electron chi connectivity index (χ1n) is 2.68. The normalized spacial score (nSPS) is 8.00. The van der Waals surface area contributed by atoms with Gasteiger partial charge in [0.15, 0.2) is 0 Å². The molecule has 0 bridgehead atoms. The molecule has 0 unspecified atom stereocenters. The predicted molar refractivity (Wildman–Crippen MR) is 40.7 cm³/mol. The monoisotopic (exact) mass is 246 g/mol. The molecule has 0 saturated heterocycles. The van der Waals surface area contributed by atoms with Crippen LogP contribution >= 0.6 is 0 Å². The summed E-state index contributed by atoms with van der Waals surface area (Å²) >= 11 is 0.362. The van der Waals surface area contributed by atoms with E-state index in [-0.39, 0.29) is 17.1 Å². The van der Waals surface area contributed by atoms with Crippen LogP contribution in [0.3, 0.4) is 0 Å². The maximum atomic E-state index is 5.26. The van der Waals surface area contributed by atoms with E-state index in [0.29, 0.717) is 15.0 Å². The molecule has 0 amide bonds. The summed E-state index contributed by atoms with van der Waals surface area (Å²) in [5.41, 5.74) is 0. The molecule has 1 aromatic carbocycles. The van der Waals surface area contributed by atoms with Gasteiger partial charge in [0.05, 0.1) is 0 Å². The Labute approximate surface area is 78.3 Å². The van der Waals surface area contributed by atoms with Crippen molar-refractivity contribution in [2.24, 2.45) is 0 Å². The summed E-state index contributed by atoms with van der Waals surface area (Å²) in [6, 6.07) is 10.2. The first-order chi connectivity index (χ1) is 4.43. The van der Waals surface area contributed by atoms with Gasteiger partial charge in [0.1, 0.15) is 0 Å². The van der Waals surface area contributed by atoms with Gasteiger partial charge < -0.3 is 0 Å². The predicted octanol–water partition coefficient (Wildman–Crippen LogP) is 0.960. The standard InChI is InChI=1S/C8H7Se.Cu/c1-2-9-8-6-4-3-5-7-8;/h1-7H;/q-1;+1. The molecule has 10 heavy (non-hydrogen) atoms. The van der Waals surface area contributed by atoms with Crippen molar-refractivity contribution in [2.75, 3.05) is 0 Å². The van der Waals surface area contributed by atoms with Crippen LogP contribution in [0.25, 0.3) is 0 Å². The minimum absolute atomic E-state index is 0. The van der Waals surface area contributed by atoms with Crippen LogP contribution in [0.5, 0.6) is 0 Å². The molecule has 0 aliphatic heterocycles. The third-order valence-corrected chi connectivity index (χ3v) is 2.37. The zero-order chi connectivity index (χ0) is 6.53. The van der Waals surface area contributed by atoms with Gasteiger partial charge in [0.25, 0.3) is 0 Å². The molecule has 1 aromatic rings. The average molecular weight is 246 g/mol. The summed E-state index contributed by atoms with van der Waals surface area (Å²) in [5, 5.41) is 0. The number of hydrogen-bond acceptors (Lipinski definition) is 0. The fraction of sp³-hybridized carbons (Fsp3) is 0. The average Bonchev–Trinajstić information content (AvgIpc) is 1.91. The topological polar surface area (TPSA) is 0 Å². The van der Waals surface area contributed by atoms with E-state index in [4.69, 9.17) is 6.58 Å². The third-order valence-electron chi connectivity index (χ3n) is 0.947. The molecule has 0 aliphatic rings. The molecule has 0 saturated carbocycles. The van der Waals surface area contributed by atoms with Gasteiger partial charge >= 0.3 is 78.4 Å². The van der Waals surface area contributed by atoms with Crippen LogP contribution in [-0.4, -0.2) is 15.0 Å². The third kappa shape index (κ3) is 3.24. The van der Waals surface area contributed by atoms with Gasteiger partial charge in [0.2, 0.25) is 0 Å². The zero-order valence-corrected chi connectivity index (χ0v) is 7.91. The Morgan fingerprint density at radius 3 is 2.30 bits per heavy atom. The van der Waals surface area contributed by atoms with Gasteiger partial charge in [0, 0.05) is 0 Å². The molecule has 2 heteroatoms. The summed E-state index contributed by atoms with van der Waals surface area (Å²) < 4.78 is 1.33. The van der Waals surface area contributed by atoms with Crippen LogP contribution in [0.2, 0.25) is 0 Å². The molecule has 0 heterocycles. The van der Waals surface area contributed by atoms with E-state index in [0.717, 1.165) is 0 Å². The molecule has 0 nitrogen and oxygen atoms in total. The second kappa shape index (κ2) is 5.76. The Morgan fingerprint density at radius 2 is 1.80 bits per heavy atom. The van der Waals surface area contributed by atoms with Crippen molar-refractivity contribution in [2.45, 2.75) is 0 Å². The molecule has 0 radical (unpaired) electrons. The van der Waals surface area contributed by atoms with Crippen molar-refractivity contribution >= 4 is 19.4 Å². The maximum absolute atomic E-state index is 5.26. The van der Waals surface area contributed by atoms with E-state index < -0.39 is 0 Å². The van der Waals surface area contributed by atoms with Crippen LogP contribution in [-0.2, 0) is 17.1 Å². The summed E-state index contributed by atoms with van der Waals surface area (Å²) in [5.74, 6) is 0. The van der Waals surface area contributed by atoms with Crippen LogP contribution in [0.4, 0.5) is 0 Å². The summed E-state index contributed by atoms with van der Waals surface area (Å²) in [7, 11) is 0. The number of hydrogen-bond donors (Lipinski definition) is 0. The Morgan fingerprint density at radius 1 is 1.20 bits per heavy atom. The fourth-order valence-corrected chi connectivity index (χ4v) is 1.57.